The summed E-state index contributed by atoms with van der Waals surface area (Å²) in [5, 5.41) is 25.3. The number of carboxylic acid groups (broad SMARTS) is 1. The maximum atomic E-state index is 12.4. The highest BCUT2D eigenvalue weighted by atomic mass is 16.4. The average molecular weight is 418 g/mol. The van der Waals surface area contributed by atoms with Crippen LogP contribution in [0.15, 0.2) is 0 Å². The van der Waals surface area contributed by atoms with E-state index in [9.17, 15) is 34.2 Å². The Morgan fingerprint density at radius 1 is 0.828 bits per heavy atom. The number of aliphatic hydroxyl groups excluding tert-OH is 1. The summed E-state index contributed by atoms with van der Waals surface area (Å²) >= 11 is 0. The summed E-state index contributed by atoms with van der Waals surface area (Å²) < 4.78 is 0. The van der Waals surface area contributed by atoms with E-state index in [4.69, 9.17) is 17.2 Å². The van der Waals surface area contributed by atoms with Gasteiger partial charge in [0.25, 0.3) is 0 Å². The molecule has 0 heterocycles. The first-order valence-electron chi connectivity index (χ1n) is 9.08. The van der Waals surface area contributed by atoms with Gasteiger partial charge in [-0.05, 0) is 32.2 Å². The van der Waals surface area contributed by atoms with Gasteiger partial charge in [-0.3, -0.25) is 19.2 Å². The van der Waals surface area contributed by atoms with Gasteiger partial charge in [0.15, 0.2) is 0 Å². The molecule has 0 aromatic heterocycles. The predicted molar refractivity (Wildman–Crippen MR) is 101 cm³/mol. The number of primary amides is 1. The molecule has 0 fully saturated rings. The largest absolute Gasteiger partial charge is 0.480 e. The van der Waals surface area contributed by atoms with Crippen LogP contribution in [0.3, 0.4) is 0 Å². The summed E-state index contributed by atoms with van der Waals surface area (Å²) in [6.07, 6.45) is 0.787. The van der Waals surface area contributed by atoms with E-state index in [1.54, 1.807) is 0 Å². The summed E-state index contributed by atoms with van der Waals surface area (Å²) in [4.78, 5) is 58.3. The lowest BCUT2D eigenvalue weighted by molar-refractivity contribution is -0.142. The molecule has 0 aromatic rings. The van der Waals surface area contributed by atoms with Crippen LogP contribution in [0.1, 0.15) is 32.1 Å². The second-order valence-electron chi connectivity index (χ2n) is 6.26. The van der Waals surface area contributed by atoms with Gasteiger partial charge in [-0.1, -0.05) is 0 Å². The van der Waals surface area contributed by atoms with E-state index in [2.05, 4.69) is 16.0 Å². The molecule has 0 aliphatic heterocycles. The lowest BCUT2D eigenvalue weighted by Gasteiger charge is -2.23. The summed E-state index contributed by atoms with van der Waals surface area (Å²) in [7, 11) is 0. The number of amides is 4. The molecule has 13 heteroatoms. The molecule has 0 radical (unpaired) electrons. The summed E-state index contributed by atoms with van der Waals surface area (Å²) in [6.45, 7) is -0.857. The molecule has 0 bridgehead atoms. The highest BCUT2D eigenvalue weighted by Gasteiger charge is 2.29. The first kappa shape index (κ1) is 26.2. The van der Waals surface area contributed by atoms with Crippen molar-refractivity contribution in [2.24, 2.45) is 17.2 Å². The Labute approximate surface area is 167 Å². The molecule has 0 saturated heterocycles. The molecule has 13 nitrogen and oxygen atoms in total. The highest BCUT2D eigenvalue weighted by Crippen LogP contribution is 2.03. The van der Waals surface area contributed by atoms with E-state index in [0.717, 1.165) is 0 Å². The zero-order valence-electron chi connectivity index (χ0n) is 16.1. The number of carboxylic acids is 1. The Balaban J connectivity index is 5.04. The van der Waals surface area contributed by atoms with E-state index in [1.165, 1.54) is 0 Å². The smallest absolute Gasteiger partial charge is 0.326 e. The minimum atomic E-state index is -1.47. The normalized spacial score (nSPS) is 13.6. The van der Waals surface area contributed by atoms with Gasteiger partial charge in [0.1, 0.15) is 18.1 Å². The number of hydrogen-bond donors (Lipinski definition) is 8. The van der Waals surface area contributed by atoms with Crippen molar-refractivity contribution in [3.63, 3.8) is 0 Å². The van der Waals surface area contributed by atoms with Crippen molar-refractivity contribution in [3.05, 3.63) is 0 Å². The van der Waals surface area contributed by atoms with Gasteiger partial charge < -0.3 is 43.4 Å². The second kappa shape index (κ2) is 14.3. The van der Waals surface area contributed by atoms with Gasteiger partial charge in [0, 0.05) is 6.42 Å². The monoisotopic (exact) mass is 418 g/mol. The van der Waals surface area contributed by atoms with Crippen LogP contribution in [-0.4, -0.2) is 77.6 Å². The van der Waals surface area contributed by atoms with Crippen molar-refractivity contribution in [2.75, 3.05) is 19.7 Å². The van der Waals surface area contributed by atoms with Crippen molar-refractivity contribution < 1.29 is 34.2 Å². The molecule has 3 atom stereocenters. The average Bonchev–Trinajstić information content (AvgIpc) is 2.67. The van der Waals surface area contributed by atoms with E-state index in [1.807, 2.05) is 0 Å². The van der Waals surface area contributed by atoms with E-state index >= 15 is 0 Å². The van der Waals surface area contributed by atoms with Crippen LogP contribution >= 0.6 is 0 Å². The standard InChI is InChI=1S/C16H30N6O7/c17-6-2-1-3-10(16(28)29)21-15(27)11(8-23)22-14(26)9(4-5-12(19)24)20-13(25)7-18/h9-11,23H,1-8,17-18H2,(H2,19,24)(H,20,25)(H,21,27)(H,22,26)(H,28,29). The van der Waals surface area contributed by atoms with Crippen molar-refractivity contribution in [1.29, 1.82) is 0 Å². The van der Waals surface area contributed by atoms with Gasteiger partial charge in [-0.25, -0.2) is 4.79 Å². The summed E-state index contributed by atoms with van der Waals surface area (Å²) in [5.41, 5.74) is 15.6. The number of carbonyl (C=O) groups excluding carboxylic acids is 4. The predicted octanol–water partition coefficient (Wildman–Crippen LogP) is -4.13. The fourth-order valence-electron chi connectivity index (χ4n) is 2.30. The lowest BCUT2D eigenvalue weighted by atomic mass is 10.1. The summed E-state index contributed by atoms with van der Waals surface area (Å²) in [5.74, 6) is -4.43. The van der Waals surface area contributed by atoms with Gasteiger partial charge in [0.2, 0.25) is 23.6 Å². The third-order valence-corrected chi connectivity index (χ3v) is 3.89. The maximum Gasteiger partial charge on any atom is 0.326 e. The van der Waals surface area contributed by atoms with Crippen LogP contribution in [0.5, 0.6) is 0 Å². The number of aliphatic hydroxyl groups is 1. The van der Waals surface area contributed by atoms with Crippen molar-refractivity contribution in [3.8, 4) is 0 Å². The van der Waals surface area contributed by atoms with Gasteiger partial charge >= 0.3 is 5.97 Å². The molecule has 0 spiro atoms. The zero-order chi connectivity index (χ0) is 22.4. The Kier molecular flexibility index (Phi) is 12.9. The molecule has 0 rings (SSSR count). The van der Waals surface area contributed by atoms with E-state index in [-0.39, 0.29) is 19.3 Å². The number of aliphatic carboxylic acids is 1. The highest BCUT2D eigenvalue weighted by molar-refractivity contribution is 5.93. The third kappa shape index (κ3) is 11.0. The van der Waals surface area contributed by atoms with Crippen molar-refractivity contribution in [2.45, 2.75) is 50.2 Å². The number of unbranched alkanes of at least 4 members (excludes halogenated alkanes) is 1. The number of rotatable bonds is 15. The third-order valence-electron chi connectivity index (χ3n) is 3.89. The minimum Gasteiger partial charge on any atom is -0.480 e. The van der Waals surface area contributed by atoms with Crippen molar-refractivity contribution in [1.82, 2.24) is 16.0 Å². The quantitative estimate of drug-likeness (QED) is 0.120. The van der Waals surface area contributed by atoms with Crippen molar-refractivity contribution >= 4 is 29.6 Å². The SMILES string of the molecule is NCCCCC(NC(=O)C(CO)NC(=O)C(CCC(N)=O)NC(=O)CN)C(=O)O. The topological polar surface area (TPSA) is 240 Å². The molecule has 4 amide bonds. The van der Waals surface area contributed by atoms with Crippen LogP contribution in [0.4, 0.5) is 0 Å². The van der Waals surface area contributed by atoms with E-state index < -0.39 is 60.9 Å². The molecule has 0 saturated carbocycles. The Bertz CT molecular complexity index is 586. The molecule has 11 N–H and O–H groups in total. The minimum absolute atomic E-state index is 0.123. The second-order valence-corrected chi connectivity index (χ2v) is 6.26. The molecule has 29 heavy (non-hydrogen) atoms. The number of nitrogens with two attached hydrogens (primary N) is 3. The molecule has 0 aliphatic carbocycles. The Hall–Kier alpha value is -2.77. The van der Waals surface area contributed by atoms with Crippen LogP contribution in [0.25, 0.3) is 0 Å². The zero-order valence-corrected chi connectivity index (χ0v) is 16.1. The molecule has 0 aromatic carbocycles. The fraction of sp³-hybridized carbons (Fsp3) is 0.688. The fourth-order valence-corrected chi connectivity index (χ4v) is 2.30. The molecular formula is C16H30N6O7. The van der Waals surface area contributed by atoms with Gasteiger partial charge in [-0.15, -0.1) is 0 Å². The first-order chi connectivity index (χ1) is 13.7. The van der Waals surface area contributed by atoms with Gasteiger partial charge in [-0.2, -0.15) is 0 Å². The maximum absolute atomic E-state index is 12.4. The summed E-state index contributed by atoms with van der Waals surface area (Å²) in [6, 6.07) is -3.91. The number of carbonyl (C=O) groups is 5. The van der Waals surface area contributed by atoms with Crippen LogP contribution in [0.2, 0.25) is 0 Å². The first-order valence-corrected chi connectivity index (χ1v) is 9.08. The van der Waals surface area contributed by atoms with Crippen LogP contribution in [-0.2, 0) is 24.0 Å². The van der Waals surface area contributed by atoms with Gasteiger partial charge in [0.05, 0.1) is 13.2 Å². The molecule has 0 aliphatic rings. The molecule has 166 valence electrons. The lowest BCUT2D eigenvalue weighted by Crippen LogP contribution is -2.57. The number of hydrogen-bond acceptors (Lipinski definition) is 8. The van der Waals surface area contributed by atoms with Crippen LogP contribution in [0, 0.1) is 0 Å². The Morgan fingerprint density at radius 3 is 1.90 bits per heavy atom. The molecular weight excluding hydrogens is 388 g/mol. The Morgan fingerprint density at radius 2 is 1.41 bits per heavy atom. The number of nitrogens with one attached hydrogen (secondary N) is 3. The van der Waals surface area contributed by atoms with E-state index in [0.29, 0.717) is 19.4 Å². The molecule has 3 unspecified atom stereocenters. The van der Waals surface area contributed by atoms with Crippen LogP contribution < -0.4 is 33.2 Å².